The van der Waals surface area contributed by atoms with Gasteiger partial charge in [0.2, 0.25) is 0 Å². The van der Waals surface area contributed by atoms with E-state index >= 15 is 0 Å². The zero-order chi connectivity index (χ0) is 24.7. The molecule has 0 aromatic carbocycles. The van der Waals surface area contributed by atoms with Crippen molar-refractivity contribution < 1.29 is 35.9 Å². The van der Waals surface area contributed by atoms with E-state index < -0.39 is 29.8 Å². The van der Waals surface area contributed by atoms with Gasteiger partial charge in [0.15, 0.2) is 5.78 Å². The molecule has 2 amide bonds. The van der Waals surface area contributed by atoms with Crippen LogP contribution in [0.4, 0.5) is 36.8 Å². The van der Waals surface area contributed by atoms with Gasteiger partial charge in [-0.1, -0.05) is 18.9 Å². The van der Waals surface area contributed by atoms with Gasteiger partial charge in [-0.3, -0.25) is 14.7 Å². The Morgan fingerprint density at radius 3 is 2.06 bits per heavy atom. The van der Waals surface area contributed by atoms with E-state index in [1.165, 1.54) is 21.9 Å². The maximum Gasteiger partial charge on any atom is 0.433 e. The number of amides is 2. The molecule has 0 unspecified atom stereocenters. The number of hydrogen-bond acceptors (Lipinski definition) is 4. The van der Waals surface area contributed by atoms with Crippen molar-refractivity contribution in [1.29, 1.82) is 0 Å². The maximum absolute atomic E-state index is 13.1. The lowest BCUT2D eigenvalue weighted by molar-refractivity contribution is -0.142. The van der Waals surface area contributed by atoms with Crippen molar-refractivity contribution in [2.24, 2.45) is 5.92 Å². The van der Waals surface area contributed by atoms with Crippen molar-refractivity contribution in [1.82, 2.24) is 14.9 Å². The minimum Gasteiger partial charge on any atom is -0.312 e. The van der Waals surface area contributed by atoms with Gasteiger partial charge in [0.25, 0.3) is 0 Å². The van der Waals surface area contributed by atoms with E-state index in [-0.39, 0.29) is 42.6 Å². The van der Waals surface area contributed by atoms with E-state index in [1.807, 2.05) is 0 Å². The van der Waals surface area contributed by atoms with Gasteiger partial charge in [0, 0.05) is 19.2 Å². The molecule has 1 aliphatic heterocycles. The third-order valence-corrected chi connectivity index (χ3v) is 5.83. The Balaban J connectivity index is 1.46. The fourth-order valence-electron chi connectivity index (χ4n) is 3.94. The summed E-state index contributed by atoms with van der Waals surface area (Å²) in [5.74, 6) is 0.0308. The van der Waals surface area contributed by atoms with E-state index in [1.54, 1.807) is 0 Å². The van der Waals surface area contributed by atoms with E-state index in [2.05, 4.69) is 9.97 Å². The van der Waals surface area contributed by atoms with Crippen LogP contribution in [0, 0.1) is 5.92 Å². The second-order valence-corrected chi connectivity index (χ2v) is 8.52. The van der Waals surface area contributed by atoms with Crippen LogP contribution in [0.5, 0.6) is 0 Å². The molecule has 182 valence electrons. The minimum absolute atomic E-state index is 0.195. The largest absolute Gasteiger partial charge is 0.433 e. The Morgan fingerprint density at radius 2 is 1.56 bits per heavy atom. The van der Waals surface area contributed by atoms with Crippen molar-refractivity contribution in [2.75, 3.05) is 18.0 Å². The van der Waals surface area contributed by atoms with Crippen LogP contribution in [0.25, 0.3) is 0 Å². The molecule has 2 aromatic rings. The number of anilines is 1. The highest BCUT2D eigenvalue weighted by molar-refractivity contribution is 5.97. The normalized spacial score (nSPS) is 19.1. The summed E-state index contributed by atoms with van der Waals surface area (Å²) in [4.78, 5) is 35.1. The number of pyridine rings is 2. The molecule has 4 rings (SSSR count). The average Bonchev–Trinajstić information content (AvgIpc) is 3.53. The molecule has 0 radical (unpaired) electrons. The standard InChI is InChI=1S/C22H20F6N4O2/c23-21(24,25)18-5-3-14(9-29-18)8-17(33)12-32-16(7-13-1-2-13)11-31(20(32)34)15-4-6-19(30-10-15)22(26,27)28/h3-6,9-10,13,16H,1-2,7-8,11-12H2/t16-/m0/s1. The van der Waals surface area contributed by atoms with Crippen LogP contribution in [0.15, 0.2) is 36.7 Å². The number of rotatable bonds is 7. The van der Waals surface area contributed by atoms with Crippen LogP contribution in [0.1, 0.15) is 36.2 Å². The molecule has 3 heterocycles. The number of aromatic nitrogens is 2. The summed E-state index contributed by atoms with van der Waals surface area (Å²) in [7, 11) is 0. The number of urea groups is 1. The summed E-state index contributed by atoms with van der Waals surface area (Å²) in [5, 5.41) is 0. The average molecular weight is 486 g/mol. The molecule has 1 saturated heterocycles. The zero-order valence-electron chi connectivity index (χ0n) is 17.7. The van der Waals surface area contributed by atoms with Gasteiger partial charge in [0.05, 0.1) is 24.5 Å². The van der Waals surface area contributed by atoms with Gasteiger partial charge >= 0.3 is 18.4 Å². The SMILES string of the molecule is O=C(Cc1ccc(C(F)(F)F)nc1)CN1C(=O)N(c2ccc(C(F)(F)F)nc2)C[C@@H]1CC1CC1. The molecule has 1 atom stereocenters. The van der Waals surface area contributed by atoms with Crippen molar-refractivity contribution >= 4 is 17.5 Å². The highest BCUT2D eigenvalue weighted by Crippen LogP contribution is 2.37. The summed E-state index contributed by atoms with van der Waals surface area (Å²) in [6.07, 6.45) is -4.76. The van der Waals surface area contributed by atoms with Crippen LogP contribution in [0.3, 0.4) is 0 Å². The van der Waals surface area contributed by atoms with E-state index in [9.17, 15) is 35.9 Å². The molecule has 2 fully saturated rings. The highest BCUT2D eigenvalue weighted by Gasteiger charge is 2.42. The first-order chi connectivity index (χ1) is 15.9. The lowest BCUT2D eigenvalue weighted by atomic mass is 10.1. The highest BCUT2D eigenvalue weighted by atomic mass is 19.4. The van der Waals surface area contributed by atoms with Gasteiger partial charge in [-0.05, 0) is 36.1 Å². The van der Waals surface area contributed by atoms with Gasteiger partial charge in [-0.15, -0.1) is 0 Å². The van der Waals surface area contributed by atoms with E-state index in [0.29, 0.717) is 12.3 Å². The number of carbonyl (C=O) groups excluding carboxylic acids is 2. The van der Waals surface area contributed by atoms with Crippen LogP contribution >= 0.6 is 0 Å². The fraction of sp³-hybridized carbons (Fsp3) is 0.455. The molecule has 2 aromatic heterocycles. The summed E-state index contributed by atoms with van der Waals surface area (Å²) < 4.78 is 76.4. The topological polar surface area (TPSA) is 66.4 Å². The summed E-state index contributed by atoms with van der Waals surface area (Å²) in [5.41, 5.74) is -1.66. The van der Waals surface area contributed by atoms with Crippen molar-refractivity contribution in [3.63, 3.8) is 0 Å². The number of halogens is 6. The fourth-order valence-corrected chi connectivity index (χ4v) is 3.94. The van der Waals surface area contributed by atoms with Crippen molar-refractivity contribution in [3.05, 3.63) is 53.6 Å². The Bertz CT molecular complexity index is 1050. The summed E-state index contributed by atoms with van der Waals surface area (Å²) in [6, 6.07) is 3.09. The number of alkyl halides is 6. The number of ketones is 1. The molecule has 34 heavy (non-hydrogen) atoms. The first-order valence-corrected chi connectivity index (χ1v) is 10.6. The number of hydrogen-bond donors (Lipinski definition) is 0. The monoisotopic (exact) mass is 486 g/mol. The van der Waals surface area contributed by atoms with Crippen LogP contribution in [-0.2, 0) is 23.6 Å². The van der Waals surface area contributed by atoms with Crippen LogP contribution < -0.4 is 4.90 Å². The summed E-state index contributed by atoms with van der Waals surface area (Å²) >= 11 is 0. The number of Topliss-reactive ketones (excluding diaryl/α,β-unsaturated/α-hetero) is 1. The van der Waals surface area contributed by atoms with E-state index in [0.717, 1.165) is 37.4 Å². The molecule has 1 aliphatic carbocycles. The molecule has 2 aliphatic rings. The Kier molecular flexibility index (Phi) is 6.26. The lowest BCUT2D eigenvalue weighted by Gasteiger charge is -2.22. The molecular formula is C22H20F6N4O2. The molecule has 0 spiro atoms. The quantitative estimate of drug-likeness (QED) is 0.531. The Labute approximate surface area is 190 Å². The third kappa shape index (κ3) is 5.48. The van der Waals surface area contributed by atoms with Crippen LogP contribution in [0.2, 0.25) is 0 Å². The first kappa shape index (κ1) is 24.0. The van der Waals surface area contributed by atoms with Gasteiger partial charge in [-0.2, -0.15) is 26.3 Å². The predicted octanol–water partition coefficient (Wildman–Crippen LogP) is 4.74. The van der Waals surface area contributed by atoms with Crippen molar-refractivity contribution in [3.8, 4) is 0 Å². The second kappa shape index (κ2) is 8.88. The first-order valence-electron chi connectivity index (χ1n) is 10.6. The Morgan fingerprint density at radius 1 is 0.941 bits per heavy atom. The molecular weight excluding hydrogens is 466 g/mol. The van der Waals surface area contributed by atoms with Gasteiger partial charge in [0.1, 0.15) is 11.4 Å². The third-order valence-electron chi connectivity index (χ3n) is 5.83. The molecule has 6 nitrogen and oxygen atoms in total. The molecule has 12 heteroatoms. The smallest absolute Gasteiger partial charge is 0.312 e. The lowest BCUT2D eigenvalue weighted by Crippen LogP contribution is -2.39. The molecule has 0 bridgehead atoms. The summed E-state index contributed by atoms with van der Waals surface area (Å²) in [6.45, 7) is -0.0563. The van der Waals surface area contributed by atoms with Crippen molar-refractivity contribution in [2.45, 2.75) is 44.1 Å². The van der Waals surface area contributed by atoms with Gasteiger partial charge in [-0.25, -0.2) is 9.78 Å². The zero-order valence-corrected chi connectivity index (χ0v) is 17.7. The Hall–Kier alpha value is -3.18. The number of nitrogens with zero attached hydrogens (tertiary/aromatic N) is 4. The minimum atomic E-state index is -4.60. The van der Waals surface area contributed by atoms with E-state index in [4.69, 9.17) is 0 Å². The molecule has 1 saturated carbocycles. The predicted molar refractivity (Wildman–Crippen MR) is 108 cm³/mol. The maximum atomic E-state index is 13.1. The van der Waals surface area contributed by atoms with Gasteiger partial charge < -0.3 is 4.90 Å². The van der Waals surface area contributed by atoms with Crippen LogP contribution in [-0.4, -0.2) is 45.8 Å². The number of carbonyl (C=O) groups is 2. The molecule has 0 N–H and O–H groups in total. The second-order valence-electron chi connectivity index (χ2n) is 8.52.